The Morgan fingerprint density at radius 2 is 1.39 bits per heavy atom. The number of hydrogen-bond donors (Lipinski definition) is 2. The van der Waals surface area contributed by atoms with Crippen LogP contribution >= 0.6 is 0 Å². The number of ether oxygens (including phenoxy) is 4. The van der Waals surface area contributed by atoms with Crippen molar-refractivity contribution in [3.05, 3.63) is 59.2 Å². The average molecular weight is 431 g/mol. The summed E-state index contributed by atoms with van der Waals surface area (Å²) in [5.41, 5.74) is 2.30. The Bertz CT molecular complexity index is 830. The first-order valence-electron chi connectivity index (χ1n) is 9.79. The van der Waals surface area contributed by atoms with Crippen LogP contribution in [0.4, 0.5) is 0 Å². The Morgan fingerprint density at radius 3 is 1.97 bits per heavy atom. The van der Waals surface area contributed by atoms with Crippen molar-refractivity contribution >= 4 is 18.1 Å². The molecule has 0 heterocycles. The van der Waals surface area contributed by atoms with Gasteiger partial charge in [-0.1, -0.05) is 30.4 Å². The molecule has 0 saturated carbocycles. The lowest BCUT2D eigenvalue weighted by Gasteiger charge is -2.20. The second-order valence-corrected chi connectivity index (χ2v) is 6.50. The minimum absolute atomic E-state index is 0.0928. The van der Waals surface area contributed by atoms with Crippen LogP contribution in [-0.4, -0.2) is 75.1 Å². The molecule has 2 N–H and O–H groups in total. The van der Waals surface area contributed by atoms with Gasteiger partial charge in [0.25, 0.3) is 5.91 Å². The van der Waals surface area contributed by atoms with Crippen molar-refractivity contribution in [1.29, 1.82) is 0 Å². The zero-order valence-electron chi connectivity index (χ0n) is 17.8. The number of benzene rings is 2. The van der Waals surface area contributed by atoms with Crippen LogP contribution in [-0.2, 0) is 9.47 Å². The average Bonchev–Trinajstić information content (AvgIpc) is 2.80. The van der Waals surface area contributed by atoms with Gasteiger partial charge in [-0.15, -0.1) is 0 Å². The molecule has 0 atom stereocenters. The number of methoxy groups -OCH3 is 2. The van der Waals surface area contributed by atoms with Gasteiger partial charge >= 0.3 is 0 Å². The highest BCUT2D eigenvalue weighted by atomic mass is 16.7. The number of rotatable bonds is 13. The lowest BCUT2D eigenvalue weighted by Crippen LogP contribution is -2.35. The second-order valence-electron chi connectivity index (χ2n) is 6.50. The molecule has 0 spiro atoms. The maximum absolute atomic E-state index is 12.5. The molecule has 8 nitrogen and oxygen atoms in total. The van der Waals surface area contributed by atoms with Crippen molar-refractivity contribution in [2.24, 2.45) is 0 Å². The van der Waals surface area contributed by atoms with Gasteiger partial charge < -0.3 is 34.1 Å². The summed E-state index contributed by atoms with van der Waals surface area (Å²) in [4.78, 5) is 13.9. The van der Waals surface area contributed by atoms with Gasteiger partial charge in [0.05, 0.1) is 13.2 Å². The Labute approximate surface area is 182 Å². The molecule has 0 saturated heterocycles. The van der Waals surface area contributed by atoms with E-state index in [-0.39, 0.29) is 45.8 Å². The van der Waals surface area contributed by atoms with Crippen LogP contribution in [0.5, 0.6) is 11.5 Å². The molecule has 0 aliphatic heterocycles. The predicted molar refractivity (Wildman–Crippen MR) is 117 cm³/mol. The Morgan fingerprint density at radius 1 is 0.839 bits per heavy atom. The molecule has 168 valence electrons. The van der Waals surface area contributed by atoms with Gasteiger partial charge in [0.2, 0.25) is 0 Å². The number of amides is 1. The lowest BCUT2D eigenvalue weighted by atomic mass is 10.1. The molecular weight excluding hydrogens is 402 g/mol. The van der Waals surface area contributed by atoms with E-state index < -0.39 is 0 Å². The van der Waals surface area contributed by atoms with Gasteiger partial charge in [-0.25, -0.2) is 0 Å². The van der Waals surface area contributed by atoms with Crippen LogP contribution in [0.3, 0.4) is 0 Å². The van der Waals surface area contributed by atoms with E-state index in [1.165, 1.54) is 4.90 Å². The lowest BCUT2D eigenvalue weighted by molar-refractivity contribution is 0.0322. The molecule has 2 aromatic rings. The summed E-state index contributed by atoms with van der Waals surface area (Å²) in [6, 6.07) is 12.6. The summed E-state index contributed by atoms with van der Waals surface area (Å²) >= 11 is 0. The van der Waals surface area contributed by atoms with Crippen LogP contribution in [0.25, 0.3) is 12.2 Å². The largest absolute Gasteiger partial charge is 0.464 e. The van der Waals surface area contributed by atoms with Crippen molar-refractivity contribution in [2.45, 2.75) is 0 Å². The molecule has 0 bridgehead atoms. The van der Waals surface area contributed by atoms with Crippen molar-refractivity contribution < 1.29 is 34.0 Å². The number of carbonyl (C=O) groups excluding carboxylic acids is 1. The first kappa shape index (κ1) is 24.4. The summed E-state index contributed by atoms with van der Waals surface area (Å²) in [6.07, 6.45) is 3.83. The first-order chi connectivity index (χ1) is 15.1. The molecule has 2 aromatic carbocycles. The van der Waals surface area contributed by atoms with Crippen molar-refractivity contribution in [3.8, 4) is 11.5 Å². The minimum Gasteiger partial charge on any atom is -0.464 e. The topological polar surface area (TPSA) is 97.7 Å². The van der Waals surface area contributed by atoms with E-state index in [0.29, 0.717) is 17.1 Å². The van der Waals surface area contributed by atoms with Crippen molar-refractivity contribution in [1.82, 2.24) is 4.90 Å². The number of aliphatic hydroxyl groups is 2. The van der Waals surface area contributed by atoms with Crippen LogP contribution in [0, 0.1) is 0 Å². The number of carbonyl (C=O) groups is 1. The van der Waals surface area contributed by atoms with Gasteiger partial charge in [0, 0.05) is 32.9 Å². The molecule has 0 radical (unpaired) electrons. The normalized spacial score (nSPS) is 11.0. The molecule has 1 amide bonds. The van der Waals surface area contributed by atoms with Gasteiger partial charge in [0.1, 0.15) is 0 Å². The zero-order chi connectivity index (χ0) is 22.5. The molecule has 2 rings (SSSR count). The summed E-state index contributed by atoms with van der Waals surface area (Å²) < 4.78 is 21.0. The fourth-order valence-corrected chi connectivity index (χ4v) is 2.77. The standard InChI is InChI=1S/C23H29NO7/c1-28-16-30-21-10-7-19(15-22(21)31-17-29-2)4-3-18-5-8-20(9-6-18)23(27)24(11-13-25)12-14-26/h3-10,15,25-26H,11-14,16-17H2,1-2H3/b4-3+. The number of nitrogens with zero attached hydrogens (tertiary/aromatic N) is 1. The number of aliphatic hydroxyl groups excluding tert-OH is 2. The smallest absolute Gasteiger partial charge is 0.254 e. The fourth-order valence-electron chi connectivity index (χ4n) is 2.77. The van der Waals surface area contributed by atoms with E-state index in [4.69, 9.17) is 29.2 Å². The second kappa shape index (κ2) is 13.4. The SMILES string of the molecule is COCOc1ccc(/C=C/c2ccc(C(=O)N(CCO)CCO)cc2)cc1OCOC. The van der Waals surface area contributed by atoms with Gasteiger partial charge in [-0.3, -0.25) is 4.79 Å². The molecule has 8 heteroatoms. The Kier molecular flexibility index (Phi) is 10.5. The molecule has 0 aliphatic rings. The highest BCUT2D eigenvalue weighted by Gasteiger charge is 2.14. The molecule has 0 fully saturated rings. The predicted octanol–water partition coefficient (Wildman–Crippen LogP) is 2.25. The zero-order valence-corrected chi connectivity index (χ0v) is 17.8. The van der Waals surface area contributed by atoms with Gasteiger partial charge in [-0.2, -0.15) is 0 Å². The van der Waals surface area contributed by atoms with Crippen molar-refractivity contribution in [3.63, 3.8) is 0 Å². The Balaban J connectivity index is 2.11. The third kappa shape index (κ3) is 7.69. The third-order valence-corrected chi connectivity index (χ3v) is 4.29. The summed E-state index contributed by atoms with van der Waals surface area (Å²) in [6.45, 7) is 0.250. The highest BCUT2D eigenvalue weighted by molar-refractivity contribution is 5.94. The van der Waals surface area contributed by atoms with E-state index >= 15 is 0 Å². The van der Waals surface area contributed by atoms with E-state index in [1.807, 2.05) is 36.4 Å². The summed E-state index contributed by atoms with van der Waals surface area (Å²) in [7, 11) is 3.09. The molecule has 0 aromatic heterocycles. The van der Waals surface area contributed by atoms with E-state index in [9.17, 15) is 4.79 Å². The number of hydrogen-bond acceptors (Lipinski definition) is 7. The third-order valence-electron chi connectivity index (χ3n) is 4.29. The monoisotopic (exact) mass is 431 g/mol. The molecule has 0 unspecified atom stereocenters. The maximum atomic E-state index is 12.5. The summed E-state index contributed by atoms with van der Waals surface area (Å²) in [5.74, 6) is 0.856. The van der Waals surface area contributed by atoms with E-state index in [2.05, 4.69) is 0 Å². The van der Waals surface area contributed by atoms with Crippen LogP contribution < -0.4 is 9.47 Å². The van der Waals surface area contributed by atoms with Crippen molar-refractivity contribution in [2.75, 3.05) is 54.1 Å². The first-order valence-corrected chi connectivity index (χ1v) is 9.79. The summed E-state index contributed by atoms with van der Waals surface area (Å²) in [5, 5.41) is 18.2. The quantitative estimate of drug-likeness (QED) is 0.371. The van der Waals surface area contributed by atoms with E-state index in [1.54, 1.807) is 32.4 Å². The molecular formula is C23H29NO7. The maximum Gasteiger partial charge on any atom is 0.254 e. The fraction of sp³-hybridized carbons (Fsp3) is 0.348. The van der Waals surface area contributed by atoms with E-state index in [0.717, 1.165) is 11.1 Å². The molecule has 0 aliphatic carbocycles. The van der Waals surface area contributed by atoms with Crippen LogP contribution in [0.2, 0.25) is 0 Å². The Hall–Kier alpha value is -2.91. The van der Waals surface area contributed by atoms with Gasteiger partial charge in [0.15, 0.2) is 25.1 Å². The molecule has 31 heavy (non-hydrogen) atoms. The van der Waals surface area contributed by atoms with Crippen LogP contribution in [0.1, 0.15) is 21.5 Å². The highest BCUT2D eigenvalue weighted by Crippen LogP contribution is 2.29. The minimum atomic E-state index is -0.231. The van der Waals surface area contributed by atoms with Crippen LogP contribution in [0.15, 0.2) is 42.5 Å². The van der Waals surface area contributed by atoms with Gasteiger partial charge in [-0.05, 0) is 35.4 Å².